The maximum atomic E-state index is 12.6. The van der Waals surface area contributed by atoms with Crippen LogP contribution in [0.5, 0.6) is 0 Å². The van der Waals surface area contributed by atoms with Gasteiger partial charge in [0, 0.05) is 19.6 Å². The molecule has 2 bridgehead atoms. The predicted octanol–water partition coefficient (Wildman–Crippen LogP) is 5.01. The molecule has 0 aliphatic carbocycles. The first-order valence-electron chi connectivity index (χ1n) is 13.9. The van der Waals surface area contributed by atoms with E-state index in [1.165, 1.54) is 11.6 Å². The van der Waals surface area contributed by atoms with Crippen molar-refractivity contribution < 1.29 is 33.6 Å². The minimum atomic E-state index is -0.982. The van der Waals surface area contributed by atoms with Gasteiger partial charge in [0.1, 0.15) is 12.2 Å². The standard InChI is InChI=1S/C31H46O7/c1-22-13-16-36-26(18-22)11-12-29(32)30-14-15-35-21-28(34-4)20-24(3)17-23(2)19-27-9-5-7-25(37-27)8-6-10-31(33)38-30/h5-7,10-13,23,25-30,32H,3,8-9,14-21H2,1-2,4H3. The lowest BCUT2D eigenvalue weighted by molar-refractivity contribution is -0.148. The molecule has 0 saturated carbocycles. The molecular formula is C31H46O7. The number of methoxy groups -OCH3 is 1. The Morgan fingerprint density at radius 2 is 2.05 bits per heavy atom. The van der Waals surface area contributed by atoms with Gasteiger partial charge in [-0.1, -0.05) is 61.1 Å². The van der Waals surface area contributed by atoms with Crippen molar-refractivity contribution in [2.45, 2.75) is 95.4 Å². The van der Waals surface area contributed by atoms with Gasteiger partial charge in [-0.2, -0.15) is 0 Å². The van der Waals surface area contributed by atoms with Crippen LogP contribution in [0.25, 0.3) is 0 Å². The maximum absolute atomic E-state index is 12.6. The average Bonchev–Trinajstić information content (AvgIpc) is 2.88. The van der Waals surface area contributed by atoms with Crippen molar-refractivity contribution in [1.29, 1.82) is 0 Å². The molecule has 0 spiro atoms. The van der Waals surface area contributed by atoms with Crippen LogP contribution in [0, 0.1) is 5.92 Å². The lowest BCUT2D eigenvalue weighted by atomic mass is 9.91. The van der Waals surface area contributed by atoms with Crippen LogP contribution in [0.3, 0.4) is 0 Å². The van der Waals surface area contributed by atoms with Gasteiger partial charge in [0.15, 0.2) is 0 Å². The normalized spacial score (nSPS) is 33.6. The first-order valence-corrected chi connectivity index (χ1v) is 13.9. The third-order valence-corrected chi connectivity index (χ3v) is 7.18. The fourth-order valence-electron chi connectivity index (χ4n) is 5.12. The van der Waals surface area contributed by atoms with E-state index in [2.05, 4.69) is 38.7 Å². The van der Waals surface area contributed by atoms with E-state index in [4.69, 9.17) is 23.7 Å². The Morgan fingerprint density at radius 3 is 2.84 bits per heavy atom. The molecule has 0 fully saturated rings. The number of carbonyl (C=O) groups is 1. The zero-order valence-corrected chi connectivity index (χ0v) is 23.3. The predicted molar refractivity (Wildman–Crippen MR) is 148 cm³/mol. The van der Waals surface area contributed by atoms with Gasteiger partial charge in [-0.15, -0.1) is 0 Å². The SMILES string of the molecule is C=C1CC(C)CC2CC=CC(CC=CC(=O)OC(C(O)C=CC3CC(C)=CCO3)CCOCC(OC)C1)O2. The number of carbonyl (C=O) groups excluding carboxylic acids is 1. The van der Waals surface area contributed by atoms with Gasteiger partial charge in [-0.3, -0.25) is 0 Å². The van der Waals surface area contributed by atoms with E-state index >= 15 is 0 Å². The van der Waals surface area contributed by atoms with Crippen LogP contribution in [0.1, 0.15) is 58.8 Å². The Labute approximate surface area is 228 Å². The summed E-state index contributed by atoms with van der Waals surface area (Å²) in [5.74, 6) is -0.0518. The minimum Gasteiger partial charge on any atom is -0.456 e. The van der Waals surface area contributed by atoms with E-state index < -0.39 is 18.2 Å². The lowest BCUT2D eigenvalue weighted by Crippen LogP contribution is -2.32. The summed E-state index contributed by atoms with van der Waals surface area (Å²) in [6.07, 6.45) is 16.3. The first-order chi connectivity index (χ1) is 18.3. The molecule has 0 radical (unpaired) electrons. The summed E-state index contributed by atoms with van der Waals surface area (Å²) in [6.45, 7) is 9.85. The quantitative estimate of drug-likeness (QED) is 0.404. The largest absolute Gasteiger partial charge is 0.456 e. The second-order valence-electron chi connectivity index (χ2n) is 10.8. The summed E-state index contributed by atoms with van der Waals surface area (Å²) in [5.41, 5.74) is 2.39. The highest BCUT2D eigenvalue weighted by molar-refractivity contribution is 5.82. The molecular weight excluding hydrogens is 484 g/mol. The molecule has 0 aromatic rings. The Morgan fingerprint density at radius 1 is 1.21 bits per heavy atom. The van der Waals surface area contributed by atoms with Crippen molar-refractivity contribution in [3.05, 3.63) is 60.3 Å². The average molecular weight is 531 g/mol. The van der Waals surface area contributed by atoms with Crippen LogP contribution >= 0.6 is 0 Å². The van der Waals surface area contributed by atoms with Gasteiger partial charge in [0.25, 0.3) is 0 Å². The third-order valence-electron chi connectivity index (χ3n) is 7.18. The summed E-state index contributed by atoms with van der Waals surface area (Å²) >= 11 is 0. The smallest absolute Gasteiger partial charge is 0.330 e. The number of hydrogen-bond donors (Lipinski definition) is 1. The van der Waals surface area contributed by atoms with Crippen LogP contribution in [-0.2, 0) is 28.5 Å². The molecule has 7 nitrogen and oxygen atoms in total. The zero-order chi connectivity index (χ0) is 27.3. The second kappa shape index (κ2) is 16.2. The van der Waals surface area contributed by atoms with Crippen LogP contribution in [0.2, 0.25) is 0 Å². The number of aliphatic hydroxyl groups excluding tert-OH is 1. The van der Waals surface area contributed by atoms with Gasteiger partial charge in [0.2, 0.25) is 0 Å². The molecule has 0 saturated heterocycles. The van der Waals surface area contributed by atoms with Crippen LogP contribution in [-0.4, -0.2) is 74.6 Å². The Balaban J connectivity index is 1.67. The van der Waals surface area contributed by atoms with Gasteiger partial charge >= 0.3 is 5.97 Å². The number of aliphatic hydroxyl groups is 1. The Kier molecular flexibility index (Phi) is 13.0. The minimum absolute atomic E-state index is 0.0705. The zero-order valence-electron chi connectivity index (χ0n) is 23.3. The first kappa shape index (κ1) is 30.5. The number of esters is 1. The molecule has 3 aliphatic rings. The number of rotatable bonds is 4. The van der Waals surface area contributed by atoms with Gasteiger partial charge in [-0.25, -0.2) is 4.79 Å². The third kappa shape index (κ3) is 11.0. The molecule has 0 aromatic heterocycles. The van der Waals surface area contributed by atoms with Crippen LogP contribution in [0.15, 0.2) is 60.3 Å². The second-order valence-corrected chi connectivity index (χ2v) is 10.8. The van der Waals surface area contributed by atoms with E-state index in [1.54, 1.807) is 19.3 Å². The van der Waals surface area contributed by atoms with Crippen molar-refractivity contribution in [2.24, 2.45) is 5.92 Å². The molecule has 3 heterocycles. The van der Waals surface area contributed by atoms with Gasteiger partial charge in [-0.05, 0) is 51.4 Å². The molecule has 7 heteroatoms. The molecule has 212 valence electrons. The van der Waals surface area contributed by atoms with Crippen molar-refractivity contribution in [3.8, 4) is 0 Å². The van der Waals surface area contributed by atoms with E-state index in [0.717, 1.165) is 37.7 Å². The highest BCUT2D eigenvalue weighted by atomic mass is 16.6. The molecule has 0 amide bonds. The van der Waals surface area contributed by atoms with Gasteiger partial charge < -0.3 is 28.8 Å². The summed E-state index contributed by atoms with van der Waals surface area (Å²) in [4.78, 5) is 12.6. The highest BCUT2D eigenvalue weighted by Gasteiger charge is 2.24. The molecule has 1 N–H and O–H groups in total. The van der Waals surface area contributed by atoms with Crippen LogP contribution < -0.4 is 0 Å². The Bertz CT molecular complexity index is 873. The topological polar surface area (TPSA) is 83.5 Å². The lowest BCUT2D eigenvalue weighted by Gasteiger charge is -2.28. The van der Waals surface area contributed by atoms with Crippen molar-refractivity contribution in [2.75, 3.05) is 26.9 Å². The summed E-state index contributed by atoms with van der Waals surface area (Å²) < 4.78 is 29.2. The number of fused-ring (bicyclic) bond motifs is 2. The van der Waals surface area contributed by atoms with Gasteiger partial charge in [0.05, 0.1) is 44.2 Å². The fraction of sp³-hybridized carbons (Fsp3) is 0.645. The molecule has 0 aromatic carbocycles. The van der Waals surface area contributed by atoms with Crippen molar-refractivity contribution in [1.82, 2.24) is 0 Å². The monoisotopic (exact) mass is 530 g/mol. The molecule has 3 aliphatic heterocycles. The summed E-state index contributed by atoms with van der Waals surface area (Å²) in [6, 6.07) is 0. The summed E-state index contributed by atoms with van der Waals surface area (Å²) in [7, 11) is 1.68. The molecule has 7 atom stereocenters. The van der Waals surface area contributed by atoms with E-state index in [-0.39, 0.29) is 24.4 Å². The fourth-order valence-corrected chi connectivity index (χ4v) is 5.12. The highest BCUT2D eigenvalue weighted by Crippen LogP contribution is 2.26. The number of ether oxygens (including phenoxy) is 5. The molecule has 3 rings (SSSR count). The van der Waals surface area contributed by atoms with Crippen molar-refractivity contribution in [3.63, 3.8) is 0 Å². The number of cyclic esters (lactones) is 1. The summed E-state index contributed by atoms with van der Waals surface area (Å²) in [5, 5.41) is 10.9. The molecule has 38 heavy (non-hydrogen) atoms. The van der Waals surface area contributed by atoms with E-state index in [1.807, 2.05) is 6.08 Å². The maximum Gasteiger partial charge on any atom is 0.330 e. The van der Waals surface area contributed by atoms with E-state index in [0.29, 0.717) is 38.6 Å². The Hall–Kier alpha value is -2.03. The van der Waals surface area contributed by atoms with Crippen LogP contribution in [0.4, 0.5) is 0 Å². The van der Waals surface area contributed by atoms with E-state index in [9.17, 15) is 9.90 Å². The number of hydrogen-bond acceptors (Lipinski definition) is 7. The molecule has 7 unspecified atom stereocenters. The van der Waals surface area contributed by atoms with Crippen molar-refractivity contribution >= 4 is 5.97 Å².